The molecular formula is C27H17N7O2. The molecule has 1 N–H and O–H groups in total. The zero-order chi connectivity index (χ0) is 24.5. The lowest BCUT2D eigenvalue weighted by molar-refractivity contribution is 0.504. The van der Waals surface area contributed by atoms with E-state index in [1.807, 2.05) is 48.5 Å². The van der Waals surface area contributed by atoms with Crippen molar-refractivity contribution < 1.29 is 9.15 Å². The molecule has 0 fully saturated rings. The summed E-state index contributed by atoms with van der Waals surface area (Å²) in [7, 11) is 0. The van der Waals surface area contributed by atoms with Crippen molar-refractivity contribution in [1.29, 1.82) is 5.41 Å². The average molecular weight is 471 g/mol. The molecule has 9 nitrogen and oxygen atoms in total. The van der Waals surface area contributed by atoms with Crippen molar-refractivity contribution in [2.24, 2.45) is 0 Å². The maximum atomic E-state index is 8.45. The topological polar surface area (TPSA) is 124 Å². The maximum absolute atomic E-state index is 8.45. The van der Waals surface area contributed by atoms with Crippen LogP contribution >= 0.6 is 0 Å². The van der Waals surface area contributed by atoms with E-state index in [2.05, 4.69) is 36.7 Å². The molecule has 0 spiro atoms. The Morgan fingerprint density at radius 1 is 0.750 bits per heavy atom. The van der Waals surface area contributed by atoms with Crippen molar-refractivity contribution in [3.8, 4) is 23.0 Å². The fourth-order valence-corrected chi connectivity index (χ4v) is 3.85. The van der Waals surface area contributed by atoms with Crippen molar-refractivity contribution in [3.63, 3.8) is 0 Å². The van der Waals surface area contributed by atoms with Crippen LogP contribution in [0, 0.1) is 5.41 Å². The first-order valence-corrected chi connectivity index (χ1v) is 11.0. The van der Waals surface area contributed by atoms with Crippen molar-refractivity contribution in [2.45, 2.75) is 0 Å². The number of benzene rings is 1. The number of hydrogen-bond acceptors (Lipinski definition) is 9. The van der Waals surface area contributed by atoms with E-state index in [-0.39, 0.29) is 11.7 Å². The molecule has 1 aromatic carbocycles. The highest BCUT2D eigenvalue weighted by molar-refractivity contribution is 6.04. The van der Waals surface area contributed by atoms with Crippen LogP contribution < -0.4 is 0 Å². The molecule has 0 aliphatic carbocycles. The van der Waals surface area contributed by atoms with E-state index < -0.39 is 0 Å². The molecule has 0 unspecified atom stereocenters. The van der Waals surface area contributed by atoms with E-state index in [9.17, 15) is 0 Å². The van der Waals surface area contributed by atoms with Crippen LogP contribution in [0.2, 0.25) is 0 Å². The highest BCUT2D eigenvalue weighted by atomic mass is 16.5. The molecule has 5 heterocycles. The Kier molecular flexibility index (Phi) is 5.19. The third kappa shape index (κ3) is 3.84. The number of nitrogens with one attached hydrogen (secondary N) is 1. The largest absolute Gasteiger partial charge is 0.437 e. The molecule has 6 aromatic rings. The molecule has 0 saturated heterocycles. The van der Waals surface area contributed by atoms with Crippen LogP contribution in [0.25, 0.3) is 50.6 Å². The lowest BCUT2D eigenvalue weighted by atomic mass is 10.1. The SMILES string of the molecule is C=C(OC(=N)c1nccc2ncccc12)c1cccc(-c2nnc(-c3nccc4ncccc34)o2)c1. The van der Waals surface area contributed by atoms with Crippen LogP contribution in [0.1, 0.15) is 11.3 Å². The minimum atomic E-state index is -0.125. The summed E-state index contributed by atoms with van der Waals surface area (Å²) in [4.78, 5) is 17.4. The summed E-state index contributed by atoms with van der Waals surface area (Å²) in [6.45, 7) is 4.00. The highest BCUT2D eigenvalue weighted by Crippen LogP contribution is 2.29. The van der Waals surface area contributed by atoms with Gasteiger partial charge in [0.2, 0.25) is 11.8 Å². The lowest BCUT2D eigenvalue weighted by Crippen LogP contribution is -2.07. The minimum absolute atomic E-state index is 0.125. The van der Waals surface area contributed by atoms with Gasteiger partial charge in [0.25, 0.3) is 5.89 Å². The van der Waals surface area contributed by atoms with Gasteiger partial charge < -0.3 is 9.15 Å². The molecule has 6 rings (SSSR count). The lowest BCUT2D eigenvalue weighted by Gasteiger charge is -2.11. The van der Waals surface area contributed by atoms with Crippen LogP contribution in [0.3, 0.4) is 0 Å². The number of hydrogen-bond donors (Lipinski definition) is 1. The fraction of sp³-hybridized carbons (Fsp3) is 0. The summed E-state index contributed by atoms with van der Waals surface area (Å²) >= 11 is 0. The number of pyridine rings is 4. The highest BCUT2D eigenvalue weighted by Gasteiger charge is 2.17. The van der Waals surface area contributed by atoms with Crippen molar-refractivity contribution in [2.75, 3.05) is 0 Å². The third-order valence-corrected chi connectivity index (χ3v) is 5.56. The Hall–Kier alpha value is -5.31. The standard InChI is InChI=1S/C27H17N7O2/c1-16(35-25(28)23-19-7-3-11-29-21(19)9-13-31-23)17-5-2-6-18(15-17)26-33-34-27(36-26)24-20-8-4-12-30-22(20)10-14-32-24/h2-15,28H,1H2. The zero-order valence-corrected chi connectivity index (χ0v) is 18.8. The van der Waals surface area contributed by atoms with Crippen LogP contribution in [0.5, 0.6) is 0 Å². The summed E-state index contributed by atoms with van der Waals surface area (Å²) in [5, 5.41) is 18.4. The van der Waals surface area contributed by atoms with Gasteiger partial charge in [-0.2, -0.15) is 0 Å². The van der Waals surface area contributed by atoms with E-state index >= 15 is 0 Å². The summed E-state index contributed by atoms with van der Waals surface area (Å²) < 4.78 is 11.7. The number of aromatic nitrogens is 6. The van der Waals surface area contributed by atoms with Crippen LogP contribution in [-0.2, 0) is 4.74 Å². The molecular weight excluding hydrogens is 454 g/mol. The van der Waals surface area contributed by atoms with E-state index in [1.165, 1.54) is 0 Å². The van der Waals surface area contributed by atoms with Crippen molar-refractivity contribution >= 4 is 33.5 Å². The summed E-state index contributed by atoms with van der Waals surface area (Å²) in [5.41, 5.74) is 3.80. The quantitative estimate of drug-likeness (QED) is 0.204. The van der Waals surface area contributed by atoms with E-state index in [1.54, 1.807) is 36.9 Å². The van der Waals surface area contributed by atoms with Gasteiger partial charge in [-0.1, -0.05) is 18.7 Å². The number of nitrogens with zero attached hydrogens (tertiary/aromatic N) is 6. The van der Waals surface area contributed by atoms with Crippen LogP contribution in [0.15, 0.2) is 96.4 Å². The first kappa shape index (κ1) is 21.2. The number of ether oxygens (including phenoxy) is 1. The monoisotopic (exact) mass is 471 g/mol. The minimum Gasteiger partial charge on any atom is -0.437 e. The smallest absolute Gasteiger partial charge is 0.267 e. The van der Waals surface area contributed by atoms with Gasteiger partial charge >= 0.3 is 0 Å². The molecule has 0 amide bonds. The molecule has 0 aliphatic rings. The van der Waals surface area contributed by atoms with Gasteiger partial charge in [-0.05, 0) is 48.5 Å². The number of fused-ring (bicyclic) bond motifs is 2. The van der Waals surface area contributed by atoms with Gasteiger partial charge in [-0.25, -0.2) is 0 Å². The molecule has 0 saturated carbocycles. The molecule has 5 aromatic heterocycles. The van der Waals surface area contributed by atoms with Gasteiger partial charge in [0.05, 0.1) is 11.0 Å². The van der Waals surface area contributed by atoms with Gasteiger partial charge in [0.15, 0.2) is 0 Å². The predicted octanol–water partition coefficient (Wildman–Crippen LogP) is 5.30. The second-order valence-electron chi connectivity index (χ2n) is 7.81. The average Bonchev–Trinajstić information content (AvgIpc) is 3.43. The van der Waals surface area contributed by atoms with Gasteiger partial charge in [0.1, 0.15) is 17.1 Å². The predicted molar refractivity (Wildman–Crippen MR) is 135 cm³/mol. The Bertz CT molecular complexity index is 1770. The molecule has 172 valence electrons. The van der Waals surface area contributed by atoms with E-state index in [0.717, 1.165) is 21.8 Å². The Balaban J connectivity index is 1.27. The summed E-state index contributed by atoms with van der Waals surface area (Å²) in [6, 6.07) is 18.3. The molecule has 0 atom stereocenters. The third-order valence-electron chi connectivity index (χ3n) is 5.56. The Morgan fingerprint density at radius 3 is 2.31 bits per heavy atom. The van der Waals surface area contributed by atoms with Crippen molar-refractivity contribution in [1.82, 2.24) is 30.1 Å². The van der Waals surface area contributed by atoms with E-state index in [4.69, 9.17) is 14.6 Å². The normalized spacial score (nSPS) is 11.0. The zero-order valence-electron chi connectivity index (χ0n) is 18.8. The number of rotatable bonds is 5. The second-order valence-corrected chi connectivity index (χ2v) is 7.81. The van der Waals surface area contributed by atoms with Gasteiger partial charge in [-0.15, -0.1) is 10.2 Å². The van der Waals surface area contributed by atoms with E-state index in [0.29, 0.717) is 34.3 Å². The summed E-state index contributed by atoms with van der Waals surface area (Å²) in [5.74, 6) is 0.770. The van der Waals surface area contributed by atoms with Crippen molar-refractivity contribution in [3.05, 3.63) is 103 Å². The first-order chi connectivity index (χ1) is 17.7. The Labute approximate surface area is 204 Å². The molecule has 9 heteroatoms. The fourth-order valence-electron chi connectivity index (χ4n) is 3.85. The van der Waals surface area contributed by atoms with Crippen LogP contribution in [0.4, 0.5) is 0 Å². The van der Waals surface area contributed by atoms with Gasteiger partial charge in [0, 0.05) is 46.7 Å². The summed E-state index contributed by atoms with van der Waals surface area (Å²) in [6.07, 6.45) is 6.67. The molecule has 36 heavy (non-hydrogen) atoms. The van der Waals surface area contributed by atoms with Gasteiger partial charge in [-0.3, -0.25) is 25.3 Å². The molecule has 0 bridgehead atoms. The molecule has 0 radical (unpaired) electrons. The maximum Gasteiger partial charge on any atom is 0.267 e. The van der Waals surface area contributed by atoms with Crippen LogP contribution in [-0.4, -0.2) is 36.0 Å². The second kappa shape index (κ2) is 8.80. The Morgan fingerprint density at radius 2 is 1.47 bits per heavy atom. The first-order valence-electron chi connectivity index (χ1n) is 11.0. The molecule has 0 aliphatic heterocycles.